The molecule has 0 aromatic heterocycles. The Balaban J connectivity index is 2.75. The third-order valence-electron chi connectivity index (χ3n) is 2.21. The molecular weight excluding hydrogens is 200 g/mol. The molecule has 0 fully saturated rings. The minimum Gasteiger partial charge on any atom is -0.398 e. The summed E-state index contributed by atoms with van der Waals surface area (Å²) < 4.78 is 24.3. The Morgan fingerprint density at radius 2 is 1.93 bits per heavy atom. The van der Waals surface area contributed by atoms with Crippen LogP contribution >= 0.6 is 0 Å². The van der Waals surface area contributed by atoms with Crippen LogP contribution in [0.2, 0.25) is 0 Å². The van der Waals surface area contributed by atoms with E-state index in [0.717, 1.165) is 11.0 Å². The maximum atomic E-state index is 11.5. The van der Waals surface area contributed by atoms with Crippen molar-refractivity contribution in [3.8, 4) is 0 Å². The van der Waals surface area contributed by atoms with E-state index < -0.39 is 10.0 Å². The van der Waals surface area contributed by atoms with Crippen LogP contribution in [0, 0.1) is 0 Å². The van der Waals surface area contributed by atoms with Crippen molar-refractivity contribution < 1.29 is 8.42 Å². The van der Waals surface area contributed by atoms with Crippen molar-refractivity contribution in [1.82, 2.24) is 0 Å². The molecule has 0 atom stereocenters. The number of fused-ring (bicyclic) bond motifs is 1. The predicted molar refractivity (Wildman–Crippen MR) is 55.9 cm³/mol. The van der Waals surface area contributed by atoms with Gasteiger partial charge in [0.1, 0.15) is 0 Å². The summed E-state index contributed by atoms with van der Waals surface area (Å²) in [7, 11) is -1.87. The molecule has 1 aliphatic heterocycles. The summed E-state index contributed by atoms with van der Waals surface area (Å²) in [6, 6.07) is 7.13. The first-order chi connectivity index (χ1) is 6.52. The van der Waals surface area contributed by atoms with Crippen molar-refractivity contribution in [1.29, 1.82) is 0 Å². The molecule has 14 heavy (non-hydrogen) atoms. The van der Waals surface area contributed by atoms with Crippen LogP contribution in [0.1, 0.15) is 5.56 Å². The average molecular weight is 210 g/mol. The smallest absolute Gasteiger partial charge is 0.259 e. The van der Waals surface area contributed by atoms with Crippen LogP contribution in [0.3, 0.4) is 0 Å². The minimum absolute atomic E-state index is 0.290. The zero-order chi connectivity index (χ0) is 10.3. The second kappa shape index (κ2) is 2.75. The highest BCUT2D eigenvalue weighted by atomic mass is 32.2. The second-order valence-corrected chi connectivity index (χ2v) is 4.92. The van der Waals surface area contributed by atoms with Gasteiger partial charge in [-0.3, -0.25) is 4.31 Å². The molecule has 0 unspecified atom stereocenters. The molecule has 0 aliphatic carbocycles. The number of sulfonamides is 1. The van der Waals surface area contributed by atoms with Crippen molar-refractivity contribution in [2.24, 2.45) is 5.73 Å². The largest absolute Gasteiger partial charge is 0.398 e. The first-order valence-corrected chi connectivity index (χ1v) is 5.58. The normalized spacial score (nSPS) is 18.6. The van der Waals surface area contributed by atoms with E-state index in [1.54, 1.807) is 18.2 Å². The molecule has 1 heterocycles. The highest BCUT2D eigenvalue weighted by Gasteiger charge is 2.24. The Hall–Kier alpha value is -1.49. The molecule has 1 aliphatic rings. The summed E-state index contributed by atoms with van der Waals surface area (Å²) in [5.74, 6) is 0. The molecule has 0 bridgehead atoms. The van der Waals surface area contributed by atoms with Crippen LogP contribution in [0.4, 0.5) is 5.69 Å². The number of nitrogens with two attached hydrogens (primary N) is 1. The van der Waals surface area contributed by atoms with Crippen molar-refractivity contribution in [2.45, 2.75) is 0 Å². The van der Waals surface area contributed by atoms with Crippen LogP contribution < -0.4 is 10.0 Å². The van der Waals surface area contributed by atoms with Gasteiger partial charge in [0.25, 0.3) is 10.0 Å². The molecule has 4 nitrogen and oxygen atoms in total. The van der Waals surface area contributed by atoms with E-state index in [0.29, 0.717) is 11.4 Å². The average Bonchev–Trinajstić information content (AvgIpc) is 2.14. The van der Waals surface area contributed by atoms with E-state index in [-0.39, 0.29) is 0 Å². The van der Waals surface area contributed by atoms with E-state index in [2.05, 4.69) is 0 Å². The first kappa shape index (κ1) is 9.08. The first-order valence-electron chi connectivity index (χ1n) is 4.08. The van der Waals surface area contributed by atoms with E-state index in [1.807, 2.05) is 6.07 Å². The zero-order valence-corrected chi connectivity index (χ0v) is 8.45. The molecular formula is C9H10N2O2S. The van der Waals surface area contributed by atoms with E-state index in [4.69, 9.17) is 5.73 Å². The molecule has 0 amide bonds. The quantitative estimate of drug-likeness (QED) is 0.686. The lowest BCUT2D eigenvalue weighted by molar-refractivity contribution is 0.602. The number of benzene rings is 1. The van der Waals surface area contributed by atoms with Crippen LogP contribution in [-0.2, 0) is 10.0 Å². The number of nitrogens with zero attached hydrogens (tertiary/aromatic N) is 1. The lowest BCUT2D eigenvalue weighted by Gasteiger charge is -2.24. The van der Waals surface area contributed by atoms with Crippen LogP contribution in [0.15, 0.2) is 29.7 Å². The highest BCUT2D eigenvalue weighted by Crippen LogP contribution is 2.30. The maximum Gasteiger partial charge on any atom is 0.259 e. The molecule has 5 heteroatoms. The van der Waals surface area contributed by atoms with Gasteiger partial charge in [0.2, 0.25) is 0 Å². The Morgan fingerprint density at radius 3 is 2.64 bits per heavy atom. The molecule has 0 spiro atoms. The minimum atomic E-state index is -3.38. The van der Waals surface area contributed by atoms with E-state index in [9.17, 15) is 8.42 Å². The number of hydrogen-bond acceptors (Lipinski definition) is 3. The molecule has 0 saturated heterocycles. The highest BCUT2D eigenvalue weighted by molar-refractivity contribution is 7.95. The van der Waals surface area contributed by atoms with Gasteiger partial charge in [-0.05, 0) is 6.07 Å². The van der Waals surface area contributed by atoms with Gasteiger partial charge in [0, 0.05) is 12.6 Å². The monoisotopic (exact) mass is 210 g/mol. The van der Waals surface area contributed by atoms with Crippen molar-refractivity contribution in [3.63, 3.8) is 0 Å². The SMILES string of the molecule is CN1c2ccccc2C(N)=CS1(=O)=O. The van der Waals surface area contributed by atoms with Crippen LogP contribution in [0.5, 0.6) is 0 Å². The summed E-state index contributed by atoms with van der Waals surface area (Å²) in [6.07, 6.45) is 0. The molecule has 74 valence electrons. The molecule has 1 aromatic carbocycles. The number of anilines is 1. The summed E-state index contributed by atoms with van der Waals surface area (Å²) >= 11 is 0. The van der Waals surface area contributed by atoms with Gasteiger partial charge in [0.05, 0.1) is 16.8 Å². The van der Waals surface area contributed by atoms with Gasteiger partial charge in [-0.2, -0.15) is 0 Å². The van der Waals surface area contributed by atoms with Gasteiger partial charge < -0.3 is 5.73 Å². The number of hydrogen-bond donors (Lipinski definition) is 1. The number of rotatable bonds is 0. The Bertz CT molecular complexity index is 505. The summed E-state index contributed by atoms with van der Waals surface area (Å²) in [6.45, 7) is 0. The Morgan fingerprint density at radius 1 is 1.29 bits per heavy atom. The van der Waals surface area contributed by atoms with E-state index in [1.165, 1.54) is 11.4 Å². The van der Waals surface area contributed by atoms with Crippen LogP contribution in [-0.4, -0.2) is 15.5 Å². The van der Waals surface area contributed by atoms with Crippen LogP contribution in [0.25, 0.3) is 5.70 Å². The van der Waals surface area contributed by atoms with Gasteiger partial charge in [-0.15, -0.1) is 0 Å². The van der Waals surface area contributed by atoms with Gasteiger partial charge in [-0.25, -0.2) is 8.42 Å². The fraction of sp³-hybridized carbons (Fsp3) is 0.111. The topological polar surface area (TPSA) is 63.4 Å². The fourth-order valence-corrected chi connectivity index (χ4v) is 2.47. The Labute approximate surface area is 82.7 Å². The maximum absolute atomic E-state index is 11.5. The van der Waals surface area contributed by atoms with Crippen molar-refractivity contribution >= 4 is 21.4 Å². The third kappa shape index (κ3) is 1.17. The van der Waals surface area contributed by atoms with E-state index >= 15 is 0 Å². The summed E-state index contributed by atoms with van der Waals surface area (Å²) in [5, 5.41) is 1.08. The van der Waals surface area contributed by atoms with Crippen molar-refractivity contribution in [3.05, 3.63) is 35.2 Å². The molecule has 0 saturated carbocycles. The lowest BCUT2D eigenvalue weighted by Crippen LogP contribution is -2.29. The predicted octanol–water partition coefficient (Wildman–Crippen LogP) is 0.723. The Kier molecular flexibility index (Phi) is 1.78. The molecule has 2 rings (SSSR count). The van der Waals surface area contributed by atoms with Crippen molar-refractivity contribution in [2.75, 3.05) is 11.4 Å². The third-order valence-corrected chi connectivity index (χ3v) is 3.72. The molecule has 2 N–H and O–H groups in total. The number of para-hydroxylation sites is 1. The fourth-order valence-electron chi connectivity index (χ4n) is 1.43. The standard InChI is InChI=1S/C9H10N2O2S/c1-11-9-5-3-2-4-7(9)8(10)6-14(11,12)13/h2-6H,10H2,1H3. The van der Waals surface area contributed by atoms with Gasteiger partial charge in [0.15, 0.2) is 0 Å². The second-order valence-electron chi connectivity index (χ2n) is 3.10. The zero-order valence-electron chi connectivity index (χ0n) is 7.64. The summed E-state index contributed by atoms with van der Waals surface area (Å²) in [4.78, 5) is 0. The molecule has 0 radical (unpaired) electrons. The summed E-state index contributed by atoms with van der Waals surface area (Å²) in [5.41, 5.74) is 7.30. The lowest BCUT2D eigenvalue weighted by atomic mass is 10.1. The molecule has 1 aromatic rings. The van der Waals surface area contributed by atoms with Gasteiger partial charge in [-0.1, -0.05) is 18.2 Å². The van der Waals surface area contributed by atoms with Gasteiger partial charge >= 0.3 is 0 Å².